The van der Waals surface area contributed by atoms with Crippen LogP contribution < -0.4 is 0 Å². The number of rotatable bonds is 3. The second kappa shape index (κ2) is 2.24. The summed E-state index contributed by atoms with van der Waals surface area (Å²) in [6, 6.07) is 0. The first-order valence-corrected chi connectivity index (χ1v) is 3.47. The van der Waals surface area contributed by atoms with Gasteiger partial charge in [-0.25, -0.2) is 0 Å². The highest BCUT2D eigenvalue weighted by Gasteiger charge is 2.41. The zero-order chi connectivity index (χ0) is 6.04. The van der Waals surface area contributed by atoms with Gasteiger partial charge < -0.3 is 4.74 Å². The van der Waals surface area contributed by atoms with Gasteiger partial charge in [-0.3, -0.25) is 0 Å². The number of epoxide rings is 1. The van der Waals surface area contributed by atoms with Crippen LogP contribution in [-0.2, 0) is 4.74 Å². The topological polar surface area (TPSA) is 12.5 Å². The predicted octanol–water partition coefficient (Wildman–Crippen LogP) is 2.14. The number of alkyl halides is 1. The van der Waals surface area contributed by atoms with Gasteiger partial charge in [-0.05, 0) is 12.8 Å². The Morgan fingerprint density at radius 1 is 1.75 bits per heavy atom. The monoisotopic (exact) mass is 134 g/mol. The zero-order valence-electron chi connectivity index (χ0n) is 5.11. The summed E-state index contributed by atoms with van der Waals surface area (Å²) in [6.45, 7) is 2.91. The molecule has 0 bridgehead atoms. The highest BCUT2D eigenvalue weighted by Crippen LogP contribution is 2.36. The number of hydrogen-bond acceptors (Lipinski definition) is 1. The van der Waals surface area contributed by atoms with E-state index in [1.165, 1.54) is 12.8 Å². The highest BCUT2D eigenvalue weighted by molar-refractivity contribution is 6.24. The Balaban J connectivity index is 2.01. The Kier molecular flexibility index (Phi) is 1.78. The third kappa shape index (κ3) is 1.64. The van der Waals surface area contributed by atoms with E-state index in [4.69, 9.17) is 16.3 Å². The number of unbranched alkanes of at least 4 members (excludes halogenated alkanes) is 1. The molecule has 0 radical (unpaired) electrons. The van der Waals surface area contributed by atoms with Gasteiger partial charge in [-0.2, -0.15) is 0 Å². The first kappa shape index (κ1) is 6.37. The summed E-state index contributed by atoms with van der Waals surface area (Å²) < 4.78 is 4.96. The maximum atomic E-state index is 5.80. The molecule has 1 saturated heterocycles. The van der Waals surface area contributed by atoms with E-state index in [0.717, 1.165) is 13.0 Å². The molecular weight excluding hydrogens is 124 g/mol. The van der Waals surface area contributed by atoms with E-state index >= 15 is 0 Å². The Morgan fingerprint density at radius 3 is 2.75 bits per heavy atom. The number of halogens is 1. The second-order valence-corrected chi connectivity index (χ2v) is 2.96. The molecule has 1 fully saturated rings. The molecule has 2 heteroatoms. The summed E-state index contributed by atoms with van der Waals surface area (Å²) in [6.07, 6.45) is 3.41. The SMILES string of the molecule is CCCCC1(Cl)CO1. The lowest BCUT2D eigenvalue weighted by Crippen LogP contribution is -1.97. The third-order valence-corrected chi connectivity index (χ3v) is 1.77. The standard InChI is InChI=1S/C6H11ClO/c1-2-3-4-6(7)5-8-6/h2-5H2,1H3. The molecule has 1 nitrogen and oxygen atoms in total. The number of hydrogen-bond donors (Lipinski definition) is 0. The van der Waals surface area contributed by atoms with Gasteiger partial charge in [0.15, 0.2) is 5.06 Å². The van der Waals surface area contributed by atoms with Crippen LogP contribution in [0.4, 0.5) is 0 Å². The van der Waals surface area contributed by atoms with E-state index in [1.807, 2.05) is 0 Å². The van der Waals surface area contributed by atoms with E-state index in [9.17, 15) is 0 Å². The predicted molar refractivity (Wildman–Crippen MR) is 34.1 cm³/mol. The van der Waals surface area contributed by atoms with E-state index < -0.39 is 0 Å². The quantitative estimate of drug-likeness (QED) is 0.426. The van der Waals surface area contributed by atoms with Crippen molar-refractivity contribution < 1.29 is 4.74 Å². The van der Waals surface area contributed by atoms with Crippen LogP contribution in [0.15, 0.2) is 0 Å². The van der Waals surface area contributed by atoms with Crippen molar-refractivity contribution in [2.24, 2.45) is 0 Å². The van der Waals surface area contributed by atoms with E-state index in [1.54, 1.807) is 0 Å². The van der Waals surface area contributed by atoms with Crippen molar-refractivity contribution in [2.45, 2.75) is 31.2 Å². The lowest BCUT2D eigenvalue weighted by Gasteiger charge is -1.97. The fourth-order valence-electron chi connectivity index (χ4n) is 0.663. The molecule has 1 aliphatic rings. The molecule has 0 amide bonds. The molecule has 0 aliphatic carbocycles. The van der Waals surface area contributed by atoms with Gasteiger partial charge in [-0.15, -0.1) is 0 Å². The largest absolute Gasteiger partial charge is 0.353 e. The average Bonchev–Trinajstić information content (AvgIpc) is 2.45. The van der Waals surface area contributed by atoms with Crippen molar-refractivity contribution in [1.29, 1.82) is 0 Å². The van der Waals surface area contributed by atoms with E-state index in [2.05, 4.69) is 6.92 Å². The first-order chi connectivity index (χ1) is 3.77. The van der Waals surface area contributed by atoms with Crippen LogP contribution in [0, 0.1) is 0 Å². The zero-order valence-corrected chi connectivity index (χ0v) is 5.87. The van der Waals surface area contributed by atoms with Crippen molar-refractivity contribution in [2.75, 3.05) is 6.61 Å². The summed E-state index contributed by atoms with van der Waals surface area (Å²) in [5, 5.41) is -0.226. The normalized spacial score (nSPS) is 35.2. The Hall–Kier alpha value is 0.250. The molecule has 0 aromatic heterocycles. The van der Waals surface area contributed by atoms with Crippen molar-refractivity contribution in [1.82, 2.24) is 0 Å². The summed E-state index contributed by atoms with van der Waals surface area (Å²) in [5.41, 5.74) is 0. The lowest BCUT2D eigenvalue weighted by molar-refractivity contribution is 0.360. The molecule has 48 valence electrons. The van der Waals surface area contributed by atoms with E-state index in [0.29, 0.717) is 0 Å². The molecule has 0 saturated carbocycles. The fraction of sp³-hybridized carbons (Fsp3) is 1.00. The van der Waals surface area contributed by atoms with Gasteiger partial charge in [-0.1, -0.05) is 24.9 Å². The smallest absolute Gasteiger partial charge is 0.165 e. The van der Waals surface area contributed by atoms with Crippen LogP contribution in [0.2, 0.25) is 0 Å². The van der Waals surface area contributed by atoms with Crippen molar-refractivity contribution in [3.8, 4) is 0 Å². The molecule has 1 unspecified atom stereocenters. The minimum atomic E-state index is -0.226. The second-order valence-electron chi connectivity index (χ2n) is 2.28. The lowest BCUT2D eigenvalue weighted by atomic mass is 10.2. The van der Waals surface area contributed by atoms with Gasteiger partial charge in [0.05, 0.1) is 6.61 Å². The van der Waals surface area contributed by atoms with Gasteiger partial charge in [0.1, 0.15) is 0 Å². The van der Waals surface area contributed by atoms with E-state index in [-0.39, 0.29) is 5.06 Å². The van der Waals surface area contributed by atoms with Gasteiger partial charge >= 0.3 is 0 Å². The molecule has 8 heavy (non-hydrogen) atoms. The molecule has 1 atom stereocenters. The summed E-state index contributed by atoms with van der Waals surface area (Å²) >= 11 is 5.80. The minimum Gasteiger partial charge on any atom is -0.353 e. The third-order valence-electron chi connectivity index (χ3n) is 1.36. The fourth-order valence-corrected chi connectivity index (χ4v) is 0.852. The van der Waals surface area contributed by atoms with Gasteiger partial charge in [0, 0.05) is 0 Å². The van der Waals surface area contributed by atoms with Crippen LogP contribution in [0.3, 0.4) is 0 Å². The van der Waals surface area contributed by atoms with Crippen molar-refractivity contribution in [3.05, 3.63) is 0 Å². The highest BCUT2D eigenvalue weighted by atomic mass is 35.5. The van der Waals surface area contributed by atoms with Gasteiger partial charge in [0.2, 0.25) is 0 Å². The molecule has 0 N–H and O–H groups in total. The Labute approximate surface area is 55.0 Å². The van der Waals surface area contributed by atoms with Crippen molar-refractivity contribution in [3.63, 3.8) is 0 Å². The van der Waals surface area contributed by atoms with Crippen LogP contribution in [-0.4, -0.2) is 11.7 Å². The number of ether oxygens (including phenoxy) is 1. The van der Waals surface area contributed by atoms with Crippen LogP contribution in [0.1, 0.15) is 26.2 Å². The molecule has 1 aliphatic heterocycles. The molecule has 0 aromatic rings. The van der Waals surface area contributed by atoms with Crippen LogP contribution in [0.5, 0.6) is 0 Å². The van der Waals surface area contributed by atoms with Crippen molar-refractivity contribution >= 4 is 11.6 Å². The van der Waals surface area contributed by atoms with Crippen LogP contribution >= 0.6 is 11.6 Å². The first-order valence-electron chi connectivity index (χ1n) is 3.10. The Bertz CT molecular complexity index is 78.6. The summed E-state index contributed by atoms with van der Waals surface area (Å²) in [5.74, 6) is 0. The van der Waals surface area contributed by atoms with Crippen LogP contribution in [0.25, 0.3) is 0 Å². The maximum absolute atomic E-state index is 5.80. The molecule has 0 aromatic carbocycles. The molecule has 0 spiro atoms. The average molecular weight is 135 g/mol. The summed E-state index contributed by atoms with van der Waals surface area (Å²) in [4.78, 5) is 0. The maximum Gasteiger partial charge on any atom is 0.165 e. The summed E-state index contributed by atoms with van der Waals surface area (Å²) in [7, 11) is 0. The Morgan fingerprint density at radius 2 is 2.38 bits per heavy atom. The van der Waals surface area contributed by atoms with Gasteiger partial charge in [0.25, 0.3) is 0 Å². The molecule has 1 rings (SSSR count). The molecule has 1 heterocycles. The molecular formula is C6H11ClO. The minimum absolute atomic E-state index is 0.226.